The molecule has 2 aromatic rings. The number of carbonyl (C=O) groups excluding carboxylic acids is 1. The van der Waals surface area contributed by atoms with Crippen LogP contribution in [0.2, 0.25) is 0 Å². The molecule has 1 aromatic heterocycles. The average Bonchev–Trinajstić information content (AvgIpc) is 2.53. The molecule has 0 aliphatic carbocycles. The lowest BCUT2D eigenvalue weighted by Gasteiger charge is -2.06. The van der Waals surface area contributed by atoms with Crippen LogP contribution in [0.1, 0.15) is 16.1 Å². The molecular formula is C16H15N3O2. The summed E-state index contributed by atoms with van der Waals surface area (Å²) in [5.41, 5.74) is 6.98. The van der Waals surface area contributed by atoms with Gasteiger partial charge in [0.1, 0.15) is 11.4 Å². The molecule has 0 bridgehead atoms. The third kappa shape index (κ3) is 4.06. The number of pyridine rings is 1. The Morgan fingerprint density at radius 1 is 1.38 bits per heavy atom. The second kappa shape index (κ2) is 7.08. The number of hydrogen-bond acceptors (Lipinski definition) is 4. The molecule has 0 saturated heterocycles. The van der Waals surface area contributed by atoms with Crippen molar-refractivity contribution in [1.82, 2.24) is 4.98 Å². The van der Waals surface area contributed by atoms with Crippen LogP contribution in [0.5, 0.6) is 5.75 Å². The summed E-state index contributed by atoms with van der Waals surface area (Å²) < 4.78 is 5.10. The number of nitrogens with one attached hydrogen (secondary N) is 1. The highest BCUT2D eigenvalue weighted by molar-refractivity contribution is 6.02. The molecule has 3 N–H and O–H groups in total. The van der Waals surface area contributed by atoms with Crippen molar-refractivity contribution >= 4 is 11.6 Å². The Morgan fingerprint density at radius 3 is 2.90 bits per heavy atom. The molecule has 0 unspecified atom stereocenters. The number of nitrogens with zero attached hydrogens (tertiary/aromatic N) is 1. The minimum Gasteiger partial charge on any atom is -0.497 e. The van der Waals surface area contributed by atoms with E-state index < -0.39 is 0 Å². The van der Waals surface area contributed by atoms with Crippen LogP contribution in [0.25, 0.3) is 0 Å². The van der Waals surface area contributed by atoms with E-state index in [4.69, 9.17) is 10.5 Å². The van der Waals surface area contributed by atoms with Crippen LogP contribution in [0, 0.1) is 11.8 Å². The van der Waals surface area contributed by atoms with Gasteiger partial charge in [-0.25, -0.2) is 4.98 Å². The van der Waals surface area contributed by atoms with Crippen molar-refractivity contribution in [3.63, 3.8) is 0 Å². The topological polar surface area (TPSA) is 77.2 Å². The van der Waals surface area contributed by atoms with Crippen molar-refractivity contribution in [2.75, 3.05) is 19.0 Å². The highest BCUT2D eigenvalue weighted by Crippen LogP contribution is 2.17. The number of benzene rings is 1. The van der Waals surface area contributed by atoms with Gasteiger partial charge in [-0.05, 0) is 24.3 Å². The fourth-order valence-corrected chi connectivity index (χ4v) is 1.65. The zero-order valence-electron chi connectivity index (χ0n) is 11.6. The van der Waals surface area contributed by atoms with Gasteiger partial charge < -0.3 is 15.8 Å². The summed E-state index contributed by atoms with van der Waals surface area (Å²) in [6.07, 6.45) is 1.54. The maximum absolute atomic E-state index is 12.1. The van der Waals surface area contributed by atoms with Gasteiger partial charge in [0, 0.05) is 23.5 Å². The van der Waals surface area contributed by atoms with Crippen molar-refractivity contribution < 1.29 is 9.53 Å². The third-order valence-electron chi connectivity index (χ3n) is 2.66. The van der Waals surface area contributed by atoms with Gasteiger partial charge in [-0.3, -0.25) is 4.79 Å². The molecule has 21 heavy (non-hydrogen) atoms. The molecule has 0 aliphatic rings. The van der Waals surface area contributed by atoms with Gasteiger partial charge in [0.2, 0.25) is 0 Å². The van der Waals surface area contributed by atoms with Crippen LogP contribution < -0.4 is 15.8 Å². The first-order chi connectivity index (χ1) is 10.2. The highest BCUT2D eigenvalue weighted by atomic mass is 16.5. The van der Waals surface area contributed by atoms with Gasteiger partial charge >= 0.3 is 0 Å². The van der Waals surface area contributed by atoms with Crippen molar-refractivity contribution in [3.8, 4) is 17.6 Å². The summed E-state index contributed by atoms with van der Waals surface area (Å²) >= 11 is 0. The van der Waals surface area contributed by atoms with Crippen molar-refractivity contribution in [2.45, 2.75) is 0 Å². The summed E-state index contributed by atoms with van der Waals surface area (Å²) in [6.45, 7) is 0.290. The van der Waals surface area contributed by atoms with Crippen LogP contribution in [0.15, 0.2) is 42.6 Å². The monoisotopic (exact) mass is 281 g/mol. The van der Waals surface area contributed by atoms with Crippen LogP contribution in [0.3, 0.4) is 0 Å². The van der Waals surface area contributed by atoms with Gasteiger partial charge in [0.05, 0.1) is 13.7 Å². The summed E-state index contributed by atoms with van der Waals surface area (Å²) in [4.78, 5) is 16.2. The van der Waals surface area contributed by atoms with Gasteiger partial charge in [-0.1, -0.05) is 17.9 Å². The van der Waals surface area contributed by atoms with Crippen LogP contribution >= 0.6 is 0 Å². The maximum Gasteiger partial charge on any atom is 0.274 e. The third-order valence-corrected chi connectivity index (χ3v) is 2.66. The van der Waals surface area contributed by atoms with E-state index in [1.165, 1.54) is 0 Å². The maximum atomic E-state index is 12.1. The Bertz CT molecular complexity index is 685. The predicted octanol–water partition coefficient (Wildman–Crippen LogP) is 1.65. The first kappa shape index (κ1) is 14.6. The summed E-state index contributed by atoms with van der Waals surface area (Å²) in [5, 5.41) is 2.76. The number of hydrogen-bond donors (Lipinski definition) is 2. The molecule has 2 rings (SSSR count). The Balaban J connectivity index is 2.09. The number of carbonyl (C=O) groups is 1. The second-order valence-corrected chi connectivity index (χ2v) is 4.12. The van der Waals surface area contributed by atoms with E-state index in [-0.39, 0.29) is 12.5 Å². The standard InChI is InChI=1S/C16H15N3O2/c1-21-14-6-2-5-13(10-14)19-16(20)15-8-7-12(11-18-15)4-3-9-17/h2,5-8,10-11H,9,17H2,1H3,(H,19,20). The molecular weight excluding hydrogens is 266 g/mol. The molecule has 0 spiro atoms. The lowest BCUT2D eigenvalue weighted by Crippen LogP contribution is -2.13. The van der Waals surface area contributed by atoms with Crippen molar-refractivity contribution in [3.05, 3.63) is 53.9 Å². The first-order valence-corrected chi connectivity index (χ1v) is 6.33. The quantitative estimate of drug-likeness (QED) is 0.839. The highest BCUT2D eigenvalue weighted by Gasteiger charge is 2.07. The smallest absolute Gasteiger partial charge is 0.274 e. The number of anilines is 1. The Hall–Kier alpha value is -2.84. The molecule has 5 nitrogen and oxygen atoms in total. The lowest BCUT2D eigenvalue weighted by atomic mass is 10.2. The van der Waals surface area contributed by atoms with Gasteiger partial charge in [0.25, 0.3) is 5.91 Å². The van der Waals surface area contributed by atoms with Gasteiger partial charge in [-0.2, -0.15) is 0 Å². The summed E-state index contributed by atoms with van der Waals surface area (Å²) in [5.74, 6) is 5.96. The molecule has 0 saturated carbocycles. The zero-order valence-corrected chi connectivity index (χ0v) is 11.6. The number of nitrogens with two attached hydrogens (primary N) is 1. The SMILES string of the molecule is COc1cccc(NC(=O)c2ccc(C#CCN)cn2)c1. The molecule has 1 heterocycles. The minimum absolute atomic E-state index is 0.290. The molecule has 0 radical (unpaired) electrons. The van der Waals surface area contributed by atoms with Crippen LogP contribution in [-0.4, -0.2) is 24.5 Å². The molecule has 0 atom stereocenters. The normalized spacial score (nSPS) is 9.43. The van der Waals surface area contributed by atoms with E-state index >= 15 is 0 Å². The number of aromatic nitrogens is 1. The summed E-state index contributed by atoms with van der Waals surface area (Å²) in [7, 11) is 1.57. The number of methoxy groups -OCH3 is 1. The molecule has 1 amide bonds. The van der Waals surface area contributed by atoms with E-state index in [0.717, 1.165) is 5.56 Å². The molecule has 1 aromatic carbocycles. The average molecular weight is 281 g/mol. The predicted molar refractivity (Wildman–Crippen MR) is 81.1 cm³/mol. The van der Waals surface area contributed by atoms with Crippen molar-refractivity contribution in [2.24, 2.45) is 5.73 Å². The zero-order chi connectivity index (χ0) is 15.1. The van der Waals surface area contributed by atoms with Crippen LogP contribution in [0.4, 0.5) is 5.69 Å². The summed E-state index contributed by atoms with van der Waals surface area (Å²) in [6, 6.07) is 10.5. The Labute approximate surface area is 123 Å². The fraction of sp³-hybridized carbons (Fsp3) is 0.125. The lowest BCUT2D eigenvalue weighted by molar-refractivity contribution is 0.102. The minimum atomic E-state index is -0.290. The van der Waals surface area contributed by atoms with E-state index in [2.05, 4.69) is 22.1 Å². The van der Waals surface area contributed by atoms with Crippen LogP contribution in [-0.2, 0) is 0 Å². The number of ether oxygens (including phenoxy) is 1. The van der Waals surface area contributed by atoms with E-state index in [1.807, 2.05) is 0 Å². The van der Waals surface area contributed by atoms with Gasteiger partial charge in [-0.15, -0.1) is 0 Å². The van der Waals surface area contributed by atoms with Crippen molar-refractivity contribution in [1.29, 1.82) is 0 Å². The Kier molecular flexibility index (Phi) is 4.91. The van der Waals surface area contributed by atoms with E-state index in [9.17, 15) is 4.79 Å². The fourth-order valence-electron chi connectivity index (χ4n) is 1.65. The largest absolute Gasteiger partial charge is 0.497 e. The molecule has 106 valence electrons. The van der Waals surface area contributed by atoms with E-state index in [1.54, 1.807) is 49.7 Å². The van der Waals surface area contributed by atoms with Gasteiger partial charge in [0.15, 0.2) is 0 Å². The molecule has 5 heteroatoms. The molecule has 0 fully saturated rings. The second-order valence-electron chi connectivity index (χ2n) is 4.12. The number of rotatable bonds is 3. The first-order valence-electron chi connectivity index (χ1n) is 6.33. The molecule has 0 aliphatic heterocycles. The van der Waals surface area contributed by atoms with E-state index in [0.29, 0.717) is 17.1 Å². The number of amides is 1. The Morgan fingerprint density at radius 2 is 2.24 bits per heavy atom.